The van der Waals surface area contributed by atoms with E-state index in [0.717, 1.165) is 13.1 Å². The zero-order chi connectivity index (χ0) is 16.6. The lowest BCUT2D eigenvalue weighted by Gasteiger charge is -2.19. The predicted octanol–water partition coefficient (Wildman–Crippen LogP) is 0.507. The van der Waals surface area contributed by atoms with Crippen molar-refractivity contribution >= 4 is 15.8 Å². The van der Waals surface area contributed by atoms with Gasteiger partial charge < -0.3 is 10.6 Å². The molecule has 0 amide bonds. The highest BCUT2D eigenvalue weighted by atomic mass is 32.2. The van der Waals surface area contributed by atoms with E-state index in [4.69, 9.17) is 0 Å². The van der Waals surface area contributed by atoms with Gasteiger partial charge in [-0.3, -0.25) is 9.67 Å². The van der Waals surface area contributed by atoms with Gasteiger partial charge in [0.15, 0.2) is 5.96 Å². The van der Waals surface area contributed by atoms with E-state index >= 15 is 0 Å². The molecule has 1 heterocycles. The van der Waals surface area contributed by atoms with E-state index in [1.807, 2.05) is 23.9 Å². The SMILES string of the molecule is CN=C(NCC(C)Cn1cccn1)NC(C)CCS(C)(=O)=O. The van der Waals surface area contributed by atoms with Crippen molar-refractivity contribution in [3.05, 3.63) is 18.5 Å². The summed E-state index contributed by atoms with van der Waals surface area (Å²) in [7, 11) is -1.22. The van der Waals surface area contributed by atoms with Gasteiger partial charge in [0, 0.05) is 44.8 Å². The molecule has 1 aromatic rings. The highest BCUT2D eigenvalue weighted by Crippen LogP contribution is 1.99. The van der Waals surface area contributed by atoms with Crippen LogP contribution in [0.3, 0.4) is 0 Å². The molecule has 1 rings (SSSR count). The minimum absolute atomic E-state index is 0.0438. The quantitative estimate of drug-likeness (QED) is 0.536. The average Bonchev–Trinajstić information content (AvgIpc) is 2.93. The Labute approximate surface area is 133 Å². The summed E-state index contributed by atoms with van der Waals surface area (Å²) in [5, 5.41) is 10.6. The molecule has 0 bridgehead atoms. The minimum Gasteiger partial charge on any atom is -0.356 e. The van der Waals surface area contributed by atoms with Crippen molar-refractivity contribution in [1.82, 2.24) is 20.4 Å². The lowest BCUT2D eigenvalue weighted by atomic mass is 10.2. The first kappa shape index (κ1) is 18.5. The van der Waals surface area contributed by atoms with Crippen LogP contribution in [0.5, 0.6) is 0 Å². The maximum absolute atomic E-state index is 11.2. The van der Waals surface area contributed by atoms with E-state index in [-0.39, 0.29) is 11.8 Å². The van der Waals surface area contributed by atoms with Crippen molar-refractivity contribution in [2.75, 3.05) is 25.6 Å². The maximum Gasteiger partial charge on any atom is 0.191 e. The summed E-state index contributed by atoms with van der Waals surface area (Å²) in [6.07, 6.45) is 5.52. The molecule has 0 aliphatic heterocycles. The molecule has 126 valence electrons. The number of guanidine groups is 1. The molecule has 2 N–H and O–H groups in total. The van der Waals surface area contributed by atoms with E-state index < -0.39 is 9.84 Å². The molecule has 2 atom stereocenters. The lowest BCUT2D eigenvalue weighted by molar-refractivity contribution is 0.442. The molecule has 0 fully saturated rings. The van der Waals surface area contributed by atoms with Crippen LogP contribution in [-0.4, -0.2) is 55.8 Å². The van der Waals surface area contributed by atoms with Gasteiger partial charge >= 0.3 is 0 Å². The molecule has 0 saturated carbocycles. The Balaban J connectivity index is 2.32. The van der Waals surface area contributed by atoms with Crippen molar-refractivity contribution in [1.29, 1.82) is 0 Å². The monoisotopic (exact) mass is 329 g/mol. The van der Waals surface area contributed by atoms with E-state index in [0.29, 0.717) is 18.3 Å². The zero-order valence-corrected chi connectivity index (χ0v) is 14.6. The summed E-state index contributed by atoms with van der Waals surface area (Å²) in [5.74, 6) is 1.26. The minimum atomic E-state index is -2.93. The van der Waals surface area contributed by atoms with Gasteiger partial charge in [0.2, 0.25) is 0 Å². The standard InChI is InChI=1S/C14H27N5O2S/c1-12(11-19-8-5-7-17-19)10-16-14(15-3)18-13(2)6-9-22(4,20)21/h5,7-8,12-13H,6,9-11H2,1-4H3,(H2,15,16,18). The second-order valence-electron chi connectivity index (χ2n) is 5.75. The number of aliphatic imine (C=N–C) groups is 1. The van der Waals surface area contributed by atoms with Gasteiger partial charge in [0.1, 0.15) is 9.84 Å². The fourth-order valence-electron chi connectivity index (χ4n) is 1.95. The fraction of sp³-hybridized carbons (Fsp3) is 0.714. The van der Waals surface area contributed by atoms with Crippen LogP contribution in [0.4, 0.5) is 0 Å². The first-order valence-corrected chi connectivity index (χ1v) is 9.48. The van der Waals surface area contributed by atoms with Gasteiger partial charge in [0.25, 0.3) is 0 Å². The Bertz CT molecular complexity index is 554. The van der Waals surface area contributed by atoms with E-state index in [9.17, 15) is 8.42 Å². The smallest absolute Gasteiger partial charge is 0.191 e. The Hall–Kier alpha value is -1.57. The topological polar surface area (TPSA) is 88.4 Å². The molecule has 0 aliphatic carbocycles. The summed E-state index contributed by atoms with van der Waals surface area (Å²) in [6.45, 7) is 5.68. The first-order valence-electron chi connectivity index (χ1n) is 7.42. The van der Waals surface area contributed by atoms with E-state index in [2.05, 4.69) is 27.6 Å². The van der Waals surface area contributed by atoms with Crippen LogP contribution >= 0.6 is 0 Å². The van der Waals surface area contributed by atoms with Gasteiger partial charge in [-0.25, -0.2) is 8.42 Å². The Kier molecular flexibility index (Phi) is 7.37. The molecule has 0 saturated heterocycles. The van der Waals surface area contributed by atoms with Crippen molar-refractivity contribution < 1.29 is 8.42 Å². The van der Waals surface area contributed by atoms with Crippen LogP contribution in [0.1, 0.15) is 20.3 Å². The highest BCUT2D eigenvalue weighted by molar-refractivity contribution is 7.90. The normalized spacial score (nSPS) is 15.4. The lowest BCUT2D eigenvalue weighted by Crippen LogP contribution is -2.44. The maximum atomic E-state index is 11.2. The number of hydrogen-bond donors (Lipinski definition) is 2. The molecular weight excluding hydrogens is 302 g/mol. The summed E-state index contributed by atoms with van der Waals surface area (Å²) in [6, 6.07) is 1.95. The summed E-state index contributed by atoms with van der Waals surface area (Å²) < 4.78 is 24.3. The van der Waals surface area contributed by atoms with Crippen molar-refractivity contribution in [2.24, 2.45) is 10.9 Å². The predicted molar refractivity (Wildman–Crippen MR) is 89.7 cm³/mol. The molecule has 0 spiro atoms. The summed E-state index contributed by atoms with van der Waals surface area (Å²) in [4.78, 5) is 4.16. The third-order valence-electron chi connectivity index (χ3n) is 3.20. The Morgan fingerprint density at radius 3 is 2.68 bits per heavy atom. The van der Waals surface area contributed by atoms with Crippen molar-refractivity contribution in [2.45, 2.75) is 32.9 Å². The summed E-state index contributed by atoms with van der Waals surface area (Å²) in [5.41, 5.74) is 0. The van der Waals surface area contributed by atoms with Crippen LogP contribution < -0.4 is 10.6 Å². The molecule has 2 unspecified atom stereocenters. The van der Waals surface area contributed by atoms with Crippen molar-refractivity contribution in [3.63, 3.8) is 0 Å². The average molecular weight is 329 g/mol. The molecule has 1 aromatic heterocycles. The number of hydrogen-bond acceptors (Lipinski definition) is 4. The number of rotatable bonds is 8. The van der Waals surface area contributed by atoms with Crippen molar-refractivity contribution in [3.8, 4) is 0 Å². The second-order valence-corrected chi connectivity index (χ2v) is 8.01. The highest BCUT2D eigenvalue weighted by Gasteiger charge is 2.10. The van der Waals surface area contributed by atoms with Crippen LogP contribution in [0.25, 0.3) is 0 Å². The number of nitrogens with one attached hydrogen (secondary N) is 2. The van der Waals surface area contributed by atoms with Gasteiger partial charge in [0.05, 0.1) is 5.75 Å². The first-order chi connectivity index (χ1) is 10.3. The number of sulfone groups is 1. The van der Waals surface area contributed by atoms with Crippen LogP contribution in [0, 0.1) is 5.92 Å². The Morgan fingerprint density at radius 2 is 2.14 bits per heavy atom. The molecule has 0 aromatic carbocycles. The summed E-state index contributed by atoms with van der Waals surface area (Å²) >= 11 is 0. The van der Waals surface area contributed by atoms with E-state index in [1.165, 1.54) is 6.26 Å². The number of aromatic nitrogens is 2. The second kappa shape index (κ2) is 8.77. The third-order valence-corrected chi connectivity index (χ3v) is 4.18. The van der Waals surface area contributed by atoms with Gasteiger partial charge in [-0.1, -0.05) is 6.92 Å². The molecule has 0 radical (unpaired) electrons. The molecule has 7 nitrogen and oxygen atoms in total. The fourth-order valence-corrected chi connectivity index (χ4v) is 2.74. The molecule has 22 heavy (non-hydrogen) atoms. The molecule has 8 heteroatoms. The van der Waals surface area contributed by atoms with Crippen LogP contribution in [0.15, 0.2) is 23.5 Å². The third kappa shape index (κ3) is 8.02. The Morgan fingerprint density at radius 1 is 1.41 bits per heavy atom. The molecular formula is C14H27N5O2S. The van der Waals surface area contributed by atoms with E-state index in [1.54, 1.807) is 13.2 Å². The van der Waals surface area contributed by atoms with Gasteiger partial charge in [-0.2, -0.15) is 5.10 Å². The zero-order valence-electron chi connectivity index (χ0n) is 13.8. The largest absolute Gasteiger partial charge is 0.356 e. The van der Waals surface area contributed by atoms with Gasteiger partial charge in [-0.05, 0) is 25.3 Å². The van der Waals surface area contributed by atoms with Crippen LogP contribution in [-0.2, 0) is 16.4 Å². The van der Waals surface area contributed by atoms with Crippen LogP contribution in [0.2, 0.25) is 0 Å². The van der Waals surface area contributed by atoms with Gasteiger partial charge in [-0.15, -0.1) is 0 Å². The molecule has 0 aliphatic rings. The number of nitrogens with zero attached hydrogens (tertiary/aromatic N) is 3.